The summed E-state index contributed by atoms with van der Waals surface area (Å²) in [6, 6.07) is 6.06. The van der Waals surface area contributed by atoms with Crippen LogP contribution >= 0.6 is 0 Å². The third-order valence-corrected chi connectivity index (χ3v) is 3.87. The molecular weight excluding hydrogens is 224 g/mol. The van der Waals surface area contributed by atoms with Gasteiger partial charge in [-0.2, -0.15) is 0 Å². The van der Waals surface area contributed by atoms with Crippen molar-refractivity contribution in [1.29, 1.82) is 0 Å². The summed E-state index contributed by atoms with van der Waals surface area (Å²) in [6.45, 7) is 8.43. The highest BCUT2D eigenvalue weighted by molar-refractivity contribution is 5.96. The van der Waals surface area contributed by atoms with E-state index in [0.717, 1.165) is 29.7 Å². The van der Waals surface area contributed by atoms with E-state index >= 15 is 0 Å². The second kappa shape index (κ2) is 6.01. The Hall–Kier alpha value is -1.35. The molecule has 1 aromatic carbocycles. The Kier molecular flexibility index (Phi) is 4.91. The van der Waals surface area contributed by atoms with Gasteiger partial charge < -0.3 is 11.1 Å². The maximum absolute atomic E-state index is 12.4. The lowest BCUT2D eigenvalue weighted by Gasteiger charge is -2.29. The average Bonchev–Trinajstić information content (AvgIpc) is 2.37. The largest absolute Gasteiger partial charge is 0.329 e. The van der Waals surface area contributed by atoms with Gasteiger partial charge in [-0.1, -0.05) is 26.0 Å². The van der Waals surface area contributed by atoms with Crippen LogP contribution < -0.4 is 11.1 Å². The summed E-state index contributed by atoms with van der Waals surface area (Å²) < 4.78 is 0. The fourth-order valence-corrected chi connectivity index (χ4v) is 2.08. The van der Waals surface area contributed by atoms with Crippen LogP contribution in [0.2, 0.25) is 0 Å². The van der Waals surface area contributed by atoms with Gasteiger partial charge in [-0.3, -0.25) is 4.79 Å². The summed E-state index contributed by atoms with van der Waals surface area (Å²) in [5, 5.41) is 3.03. The molecule has 0 radical (unpaired) electrons. The lowest BCUT2D eigenvalue weighted by atomic mass is 9.81. The summed E-state index contributed by atoms with van der Waals surface area (Å²) in [7, 11) is 0. The third-order valence-electron chi connectivity index (χ3n) is 3.87. The van der Waals surface area contributed by atoms with Crippen LogP contribution in [-0.2, 0) is 4.79 Å². The zero-order chi connectivity index (χ0) is 13.8. The number of benzene rings is 1. The van der Waals surface area contributed by atoms with Crippen LogP contribution in [0.25, 0.3) is 0 Å². The maximum atomic E-state index is 12.4. The molecule has 18 heavy (non-hydrogen) atoms. The fraction of sp³-hybridized carbons (Fsp3) is 0.533. The molecule has 3 nitrogen and oxygen atoms in total. The Morgan fingerprint density at radius 3 is 2.39 bits per heavy atom. The molecule has 0 saturated heterocycles. The lowest BCUT2D eigenvalue weighted by molar-refractivity contribution is -0.125. The highest BCUT2D eigenvalue weighted by Crippen LogP contribution is 2.28. The smallest absolute Gasteiger partial charge is 0.231 e. The second-order valence-corrected chi connectivity index (χ2v) is 4.96. The van der Waals surface area contributed by atoms with Crippen LogP contribution in [-0.4, -0.2) is 12.5 Å². The van der Waals surface area contributed by atoms with Gasteiger partial charge in [0, 0.05) is 12.2 Å². The van der Waals surface area contributed by atoms with Crippen LogP contribution in [0.3, 0.4) is 0 Å². The normalized spacial score (nSPS) is 11.4. The van der Waals surface area contributed by atoms with Gasteiger partial charge >= 0.3 is 0 Å². The summed E-state index contributed by atoms with van der Waals surface area (Å²) in [6.07, 6.45) is 1.52. The number of hydrogen-bond acceptors (Lipinski definition) is 2. The predicted octanol–water partition coefficient (Wildman–Crippen LogP) is 3.01. The number of aryl methyl sites for hydroxylation is 2. The number of anilines is 1. The zero-order valence-electron chi connectivity index (χ0n) is 11.8. The van der Waals surface area contributed by atoms with Gasteiger partial charge in [0.2, 0.25) is 5.91 Å². The molecular formula is C15H24N2O. The average molecular weight is 248 g/mol. The van der Waals surface area contributed by atoms with Crippen molar-refractivity contribution in [3.05, 3.63) is 29.3 Å². The van der Waals surface area contributed by atoms with Gasteiger partial charge in [0.1, 0.15) is 0 Å². The van der Waals surface area contributed by atoms with Gasteiger partial charge in [0.05, 0.1) is 5.41 Å². The molecule has 0 unspecified atom stereocenters. The van der Waals surface area contributed by atoms with E-state index in [1.807, 2.05) is 45.9 Å². The highest BCUT2D eigenvalue weighted by atomic mass is 16.2. The summed E-state index contributed by atoms with van der Waals surface area (Å²) in [4.78, 5) is 12.4. The standard InChI is InChI=1S/C15H24N2O/c1-5-15(6-2,10-16)14(18)17-13-9-11(3)7-8-12(13)4/h7-9H,5-6,10,16H2,1-4H3,(H,17,18). The fourth-order valence-electron chi connectivity index (χ4n) is 2.08. The molecule has 0 heterocycles. The first-order chi connectivity index (χ1) is 8.49. The Morgan fingerprint density at radius 1 is 1.28 bits per heavy atom. The second-order valence-electron chi connectivity index (χ2n) is 4.96. The van der Waals surface area contributed by atoms with Gasteiger partial charge in [-0.05, 0) is 43.9 Å². The first kappa shape index (κ1) is 14.7. The monoisotopic (exact) mass is 248 g/mol. The number of nitrogens with one attached hydrogen (secondary N) is 1. The van der Waals surface area contributed by atoms with Crippen molar-refractivity contribution in [2.24, 2.45) is 11.1 Å². The summed E-state index contributed by atoms with van der Waals surface area (Å²) in [5.74, 6) is 0.0312. The Labute approximate surface area is 110 Å². The first-order valence-electron chi connectivity index (χ1n) is 6.58. The van der Waals surface area contributed by atoms with Crippen molar-refractivity contribution < 1.29 is 4.79 Å². The van der Waals surface area contributed by atoms with Gasteiger partial charge in [0.15, 0.2) is 0 Å². The van der Waals surface area contributed by atoms with E-state index in [1.54, 1.807) is 0 Å². The van der Waals surface area contributed by atoms with E-state index in [0.29, 0.717) is 6.54 Å². The van der Waals surface area contributed by atoms with E-state index < -0.39 is 5.41 Å². The molecule has 0 saturated carbocycles. The van der Waals surface area contributed by atoms with Gasteiger partial charge in [0.25, 0.3) is 0 Å². The molecule has 0 aliphatic heterocycles. The van der Waals surface area contributed by atoms with E-state index in [9.17, 15) is 4.79 Å². The molecule has 0 atom stereocenters. The maximum Gasteiger partial charge on any atom is 0.231 e. The third kappa shape index (κ3) is 2.91. The van der Waals surface area contributed by atoms with Crippen molar-refractivity contribution in [1.82, 2.24) is 0 Å². The van der Waals surface area contributed by atoms with E-state index in [1.165, 1.54) is 0 Å². The highest BCUT2D eigenvalue weighted by Gasteiger charge is 2.33. The molecule has 1 rings (SSSR count). The minimum absolute atomic E-state index is 0.0312. The van der Waals surface area contributed by atoms with Crippen LogP contribution in [0.15, 0.2) is 18.2 Å². The number of carbonyl (C=O) groups excluding carboxylic acids is 1. The molecule has 1 amide bonds. The SMILES string of the molecule is CCC(CC)(CN)C(=O)Nc1cc(C)ccc1C. The molecule has 0 bridgehead atoms. The Balaban J connectivity index is 2.96. The molecule has 0 aliphatic carbocycles. The summed E-state index contributed by atoms with van der Waals surface area (Å²) in [5.41, 5.74) is 8.45. The number of amides is 1. The minimum Gasteiger partial charge on any atom is -0.329 e. The quantitative estimate of drug-likeness (QED) is 0.841. The molecule has 3 N–H and O–H groups in total. The molecule has 0 spiro atoms. The number of carbonyl (C=O) groups is 1. The molecule has 100 valence electrons. The molecule has 1 aromatic rings. The topological polar surface area (TPSA) is 55.1 Å². The van der Waals surface area contributed by atoms with Gasteiger partial charge in [-0.15, -0.1) is 0 Å². The lowest BCUT2D eigenvalue weighted by Crippen LogP contribution is -2.41. The molecule has 0 aliphatic rings. The van der Waals surface area contributed by atoms with Gasteiger partial charge in [-0.25, -0.2) is 0 Å². The van der Waals surface area contributed by atoms with Crippen LogP contribution in [0.1, 0.15) is 37.8 Å². The van der Waals surface area contributed by atoms with E-state index in [2.05, 4.69) is 5.32 Å². The number of nitrogens with two attached hydrogens (primary N) is 1. The number of hydrogen-bond donors (Lipinski definition) is 2. The van der Waals surface area contributed by atoms with Crippen molar-refractivity contribution in [2.75, 3.05) is 11.9 Å². The van der Waals surface area contributed by atoms with E-state index in [4.69, 9.17) is 5.73 Å². The van der Waals surface area contributed by atoms with Crippen molar-refractivity contribution in [2.45, 2.75) is 40.5 Å². The van der Waals surface area contributed by atoms with Crippen molar-refractivity contribution in [3.63, 3.8) is 0 Å². The van der Waals surface area contributed by atoms with Crippen molar-refractivity contribution >= 4 is 11.6 Å². The van der Waals surface area contributed by atoms with E-state index in [-0.39, 0.29) is 5.91 Å². The van der Waals surface area contributed by atoms with Crippen LogP contribution in [0.5, 0.6) is 0 Å². The molecule has 3 heteroatoms. The van der Waals surface area contributed by atoms with Crippen LogP contribution in [0.4, 0.5) is 5.69 Å². The summed E-state index contributed by atoms with van der Waals surface area (Å²) >= 11 is 0. The molecule has 0 fully saturated rings. The first-order valence-corrected chi connectivity index (χ1v) is 6.58. The van der Waals surface area contributed by atoms with Crippen LogP contribution in [0, 0.1) is 19.3 Å². The number of rotatable bonds is 5. The minimum atomic E-state index is -0.448. The Bertz CT molecular complexity index is 414. The molecule has 0 aromatic heterocycles. The predicted molar refractivity (Wildman–Crippen MR) is 76.6 cm³/mol. The Morgan fingerprint density at radius 2 is 1.89 bits per heavy atom. The zero-order valence-corrected chi connectivity index (χ0v) is 11.8. The van der Waals surface area contributed by atoms with Crippen molar-refractivity contribution in [3.8, 4) is 0 Å².